The van der Waals surface area contributed by atoms with Crippen LogP contribution in [0.3, 0.4) is 0 Å². The first kappa shape index (κ1) is 13.6. The molecule has 0 fully saturated rings. The number of imidazole rings is 1. The Hall–Kier alpha value is -0.335. The molecule has 3 aromatic rings. The summed E-state index contributed by atoms with van der Waals surface area (Å²) in [5, 5.41) is 9.23. The molecule has 0 saturated carbocycles. The molecule has 3 aromatic heterocycles. The molecule has 1 aliphatic heterocycles. The second kappa shape index (κ2) is 5.57. The molecule has 0 aromatic carbocycles. The molecule has 0 amide bonds. The quantitative estimate of drug-likeness (QED) is 0.630. The fourth-order valence-electron chi connectivity index (χ4n) is 2.48. The van der Waals surface area contributed by atoms with Gasteiger partial charge in [0.15, 0.2) is 0 Å². The molecule has 1 aliphatic rings. The topological polar surface area (TPSA) is 60.1 Å². The molecule has 0 spiro atoms. The van der Waals surface area contributed by atoms with Crippen molar-refractivity contribution in [3.8, 4) is 0 Å². The van der Waals surface area contributed by atoms with Gasteiger partial charge in [-0.1, -0.05) is 6.07 Å². The molecule has 90 valence electrons. The van der Waals surface area contributed by atoms with Crippen LogP contribution in [0.4, 0.5) is 0 Å². The Labute approximate surface area is 159 Å². The predicted octanol–water partition coefficient (Wildman–Crippen LogP) is -0.919. The van der Waals surface area contributed by atoms with E-state index < -0.39 is 0 Å². The van der Waals surface area contributed by atoms with Crippen molar-refractivity contribution in [2.75, 3.05) is 6.54 Å². The number of hydrogen-bond donors (Lipinski definition) is 1. The van der Waals surface area contributed by atoms with E-state index in [2.05, 4.69) is 26.4 Å². The maximum absolute atomic E-state index is 4.65. The number of pyridine rings is 1. The van der Waals surface area contributed by atoms with Crippen LogP contribution in [0.25, 0.3) is 10.8 Å². The van der Waals surface area contributed by atoms with Gasteiger partial charge in [-0.25, -0.2) is 9.50 Å². The van der Waals surface area contributed by atoms with Gasteiger partial charge < -0.3 is 10.3 Å². The minimum atomic E-state index is -0.0279. The van der Waals surface area contributed by atoms with Crippen LogP contribution in [0.1, 0.15) is 23.1 Å². The summed E-state index contributed by atoms with van der Waals surface area (Å²) in [4.78, 5) is 7.57. The van der Waals surface area contributed by atoms with E-state index in [1.165, 1.54) is 5.69 Å². The van der Waals surface area contributed by atoms with E-state index in [4.69, 9.17) is 0 Å². The van der Waals surface area contributed by atoms with Gasteiger partial charge in [-0.3, -0.25) is 0 Å². The summed E-state index contributed by atoms with van der Waals surface area (Å²) in [5.41, 5.74) is 4.26. The van der Waals surface area contributed by atoms with Crippen LogP contribution in [-0.2, 0) is 6.42 Å². The number of rotatable bonds is 1. The van der Waals surface area contributed by atoms with Crippen LogP contribution in [0.5, 0.6) is 0 Å². The van der Waals surface area contributed by atoms with Crippen molar-refractivity contribution in [3.63, 3.8) is 0 Å². The van der Waals surface area contributed by atoms with Crippen LogP contribution < -0.4 is 58.2 Å². The van der Waals surface area contributed by atoms with E-state index in [0.717, 1.165) is 29.9 Å². The number of nitrogens with zero attached hydrogens (tertiary/aromatic N) is 4. The van der Waals surface area contributed by atoms with Gasteiger partial charge in [-0.15, -0.1) is 6.54 Å². The summed E-state index contributed by atoms with van der Waals surface area (Å²) in [6.07, 6.45) is 4.64. The van der Waals surface area contributed by atoms with Crippen LogP contribution in [0.2, 0.25) is 0 Å². The van der Waals surface area contributed by atoms with Gasteiger partial charge in [-0.2, -0.15) is 5.10 Å². The SMILES string of the molecule is [Rb+].c1ccn2nc(C3[N-]CCc4[nH]cnc43)cc2c1. The van der Waals surface area contributed by atoms with Crippen molar-refractivity contribution in [1.29, 1.82) is 0 Å². The largest absolute Gasteiger partial charge is 1.00 e. The van der Waals surface area contributed by atoms with Crippen molar-refractivity contribution < 1.29 is 58.2 Å². The van der Waals surface area contributed by atoms with Gasteiger partial charge in [0.2, 0.25) is 0 Å². The molecule has 5 nitrogen and oxygen atoms in total. The van der Waals surface area contributed by atoms with Gasteiger partial charge in [0, 0.05) is 17.6 Å². The first-order valence-electron chi connectivity index (χ1n) is 6.05. The number of aromatic amines is 1. The molecule has 0 saturated heterocycles. The molecular weight excluding hydrogens is 312 g/mol. The van der Waals surface area contributed by atoms with Gasteiger partial charge in [-0.05, 0) is 30.7 Å². The molecule has 4 rings (SSSR count). The van der Waals surface area contributed by atoms with Gasteiger partial charge in [0.25, 0.3) is 0 Å². The van der Waals surface area contributed by atoms with E-state index in [1.807, 2.05) is 28.9 Å². The summed E-state index contributed by atoms with van der Waals surface area (Å²) in [6.45, 7) is 0.827. The van der Waals surface area contributed by atoms with E-state index in [0.29, 0.717) is 0 Å². The molecule has 1 N–H and O–H groups in total. The minimum absolute atomic E-state index is 0. The molecule has 0 aliphatic carbocycles. The molecule has 0 radical (unpaired) electrons. The molecule has 1 unspecified atom stereocenters. The molecule has 19 heavy (non-hydrogen) atoms. The van der Waals surface area contributed by atoms with E-state index in [-0.39, 0.29) is 64.2 Å². The van der Waals surface area contributed by atoms with Crippen molar-refractivity contribution in [2.45, 2.75) is 12.5 Å². The number of hydrogen-bond acceptors (Lipinski definition) is 2. The zero-order valence-electron chi connectivity index (χ0n) is 10.7. The van der Waals surface area contributed by atoms with Gasteiger partial charge in [0.1, 0.15) is 0 Å². The predicted molar refractivity (Wildman–Crippen MR) is 67.6 cm³/mol. The molecule has 0 bridgehead atoms. The van der Waals surface area contributed by atoms with E-state index >= 15 is 0 Å². The minimum Gasteiger partial charge on any atom is -0.649 e. The Bertz CT molecular complexity index is 669. The standard InChI is InChI=1S/C13H12N5.Rb/c1-2-6-18-9(3-1)7-11(17-18)13-12-10(4-5-14-13)15-8-16-12;/h1-3,6-8,13H,4-5H2,(H,15,16);/q-1;+1. The smallest absolute Gasteiger partial charge is 0.649 e. The maximum atomic E-state index is 4.65. The monoisotopic (exact) mass is 323 g/mol. The fraction of sp³-hybridized carbons (Fsp3) is 0.231. The second-order valence-corrected chi connectivity index (χ2v) is 4.46. The van der Waals surface area contributed by atoms with Crippen LogP contribution in [0, 0.1) is 0 Å². The third-order valence-corrected chi connectivity index (χ3v) is 3.35. The maximum Gasteiger partial charge on any atom is 1.00 e. The second-order valence-electron chi connectivity index (χ2n) is 4.46. The van der Waals surface area contributed by atoms with Gasteiger partial charge in [0.05, 0.1) is 17.5 Å². The van der Waals surface area contributed by atoms with Crippen LogP contribution in [-0.4, -0.2) is 26.1 Å². The molecule has 4 heterocycles. The number of H-pyrrole nitrogens is 1. The summed E-state index contributed by atoms with van der Waals surface area (Å²) in [7, 11) is 0. The summed E-state index contributed by atoms with van der Waals surface area (Å²) >= 11 is 0. The van der Waals surface area contributed by atoms with Crippen molar-refractivity contribution in [2.24, 2.45) is 0 Å². The van der Waals surface area contributed by atoms with Crippen molar-refractivity contribution in [3.05, 3.63) is 59.2 Å². The summed E-state index contributed by atoms with van der Waals surface area (Å²) in [6, 6.07) is 8.09. The zero-order chi connectivity index (χ0) is 11.9. The molecule has 1 atom stereocenters. The van der Waals surface area contributed by atoms with Gasteiger partial charge >= 0.3 is 58.2 Å². The van der Waals surface area contributed by atoms with E-state index in [1.54, 1.807) is 6.33 Å². The van der Waals surface area contributed by atoms with Crippen LogP contribution >= 0.6 is 0 Å². The average molecular weight is 324 g/mol. The summed E-state index contributed by atoms with van der Waals surface area (Å²) < 4.78 is 1.88. The van der Waals surface area contributed by atoms with Crippen molar-refractivity contribution >= 4 is 5.52 Å². The van der Waals surface area contributed by atoms with E-state index in [9.17, 15) is 0 Å². The first-order valence-corrected chi connectivity index (χ1v) is 6.05. The molecule has 6 heteroatoms. The van der Waals surface area contributed by atoms with Crippen molar-refractivity contribution in [1.82, 2.24) is 19.6 Å². The average Bonchev–Trinajstić information content (AvgIpc) is 3.04. The van der Waals surface area contributed by atoms with Crippen LogP contribution in [0.15, 0.2) is 36.8 Å². The third-order valence-electron chi connectivity index (χ3n) is 3.35. The number of fused-ring (bicyclic) bond motifs is 2. The number of nitrogens with one attached hydrogen (secondary N) is 1. The molecular formula is C13H12N5Rb. The Morgan fingerprint density at radius 2 is 2.32 bits per heavy atom. The first-order chi connectivity index (χ1) is 8.92. The Balaban J connectivity index is 0.00000110. The fourth-order valence-corrected chi connectivity index (χ4v) is 2.48. The normalized spacial score (nSPS) is 18.0. The zero-order valence-corrected chi connectivity index (χ0v) is 15.7. The third kappa shape index (κ3) is 2.38. The summed E-state index contributed by atoms with van der Waals surface area (Å²) in [5.74, 6) is 0. The number of aromatic nitrogens is 4. The Kier molecular flexibility index (Phi) is 4.00. The Morgan fingerprint density at radius 1 is 1.37 bits per heavy atom. The Morgan fingerprint density at radius 3 is 3.21 bits per heavy atom.